The zero-order chi connectivity index (χ0) is 19.8. The van der Waals surface area contributed by atoms with Crippen LogP contribution in [0.2, 0.25) is 0 Å². The largest absolute Gasteiger partial charge is 0.384 e. The van der Waals surface area contributed by atoms with E-state index in [0.29, 0.717) is 34.7 Å². The molecule has 3 N–H and O–H groups in total. The fourth-order valence-electron chi connectivity index (χ4n) is 2.80. The maximum Gasteiger partial charge on any atom is 0.257 e. The van der Waals surface area contributed by atoms with Crippen molar-refractivity contribution in [3.63, 3.8) is 0 Å². The molecule has 0 radical (unpaired) electrons. The van der Waals surface area contributed by atoms with Crippen LogP contribution in [-0.2, 0) is 0 Å². The fourth-order valence-corrected chi connectivity index (χ4v) is 2.80. The number of pyridine rings is 2. The molecule has 3 aromatic heterocycles. The number of aromatic nitrogens is 4. The number of halogens is 2. The Bertz CT molecular complexity index is 1020. The normalized spacial score (nSPS) is 18.3. The number of nitrogens with two attached hydrogens (primary N) is 1. The third-order valence-electron chi connectivity index (χ3n) is 4.56. The Kier molecular flexibility index (Phi) is 4.46. The number of carbonyl (C=O) groups excluding carboxylic acids is 1. The highest BCUT2D eigenvalue weighted by molar-refractivity contribution is 6.04. The number of nitrogens with zero attached hydrogens (tertiary/aromatic N) is 4. The van der Waals surface area contributed by atoms with E-state index in [9.17, 15) is 13.6 Å². The number of amides is 1. The molecule has 4 rings (SSSR count). The van der Waals surface area contributed by atoms with Gasteiger partial charge in [0.05, 0.1) is 16.9 Å². The third-order valence-corrected chi connectivity index (χ3v) is 4.56. The number of rotatable bonds is 5. The summed E-state index contributed by atoms with van der Waals surface area (Å²) < 4.78 is 30.6. The minimum atomic E-state index is -2.40. The molecule has 1 fully saturated rings. The topological polar surface area (TPSA) is 120 Å². The van der Waals surface area contributed by atoms with Crippen LogP contribution in [0.3, 0.4) is 0 Å². The molecule has 28 heavy (non-hydrogen) atoms. The van der Waals surface area contributed by atoms with Crippen LogP contribution in [0, 0.1) is 12.8 Å². The summed E-state index contributed by atoms with van der Waals surface area (Å²) in [6, 6.07) is 4.74. The van der Waals surface area contributed by atoms with Gasteiger partial charge in [0.25, 0.3) is 5.91 Å². The second-order valence-corrected chi connectivity index (χ2v) is 6.58. The fraction of sp³-hybridized carbons (Fsp3) is 0.278. The molecule has 1 saturated carbocycles. The SMILES string of the molecule is Cc1ncc(-c2noc(C3C[C@@H]3C(F)F)n2)cc1NC(=O)c1ccc(N)nc1. The Morgan fingerprint density at radius 3 is 2.82 bits per heavy atom. The van der Waals surface area contributed by atoms with E-state index in [1.165, 1.54) is 18.5 Å². The Labute approximate surface area is 158 Å². The van der Waals surface area contributed by atoms with Gasteiger partial charge in [-0.3, -0.25) is 9.78 Å². The summed E-state index contributed by atoms with van der Waals surface area (Å²) in [7, 11) is 0. The van der Waals surface area contributed by atoms with Gasteiger partial charge in [-0.15, -0.1) is 0 Å². The van der Waals surface area contributed by atoms with Gasteiger partial charge < -0.3 is 15.6 Å². The molecule has 2 atom stereocenters. The van der Waals surface area contributed by atoms with Gasteiger partial charge in [0.15, 0.2) is 0 Å². The maximum absolute atomic E-state index is 12.7. The molecular formula is C18H16F2N6O2. The summed E-state index contributed by atoms with van der Waals surface area (Å²) in [5.41, 5.74) is 7.41. The Hall–Kier alpha value is -3.43. The van der Waals surface area contributed by atoms with Gasteiger partial charge in [0.2, 0.25) is 18.1 Å². The number of carbonyl (C=O) groups is 1. The highest BCUT2D eigenvalue weighted by Gasteiger charge is 2.48. The van der Waals surface area contributed by atoms with Crippen molar-refractivity contribution < 1.29 is 18.1 Å². The highest BCUT2D eigenvalue weighted by atomic mass is 19.3. The van der Waals surface area contributed by atoms with Gasteiger partial charge in [-0.2, -0.15) is 4.98 Å². The van der Waals surface area contributed by atoms with Crippen molar-refractivity contribution >= 4 is 17.4 Å². The molecule has 0 bridgehead atoms. The molecule has 1 aliphatic rings. The van der Waals surface area contributed by atoms with E-state index in [-0.39, 0.29) is 17.6 Å². The lowest BCUT2D eigenvalue weighted by molar-refractivity contribution is 0.102. The standard InChI is InChI=1S/C18H16F2N6O2/c1-8-13(24-17(27)9-2-3-14(21)23-6-9)4-10(7-22-8)16-25-18(28-26-16)12-5-11(12)15(19)20/h2-4,6-7,11-12,15H,5H2,1H3,(H2,21,23)(H,24,27)/t11-,12?/m0/s1. The number of aryl methyl sites for hydroxylation is 1. The molecule has 0 aromatic carbocycles. The first kappa shape index (κ1) is 18.0. The second kappa shape index (κ2) is 6.95. The average molecular weight is 386 g/mol. The number of hydrogen-bond donors (Lipinski definition) is 2. The summed E-state index contributed by atoms with van der Waals surface area (Å²) in [5, 5.41) is 6.60. The van der Waals surface area contributed by atoms with Crippen molar-refractivity contribution in [2.75, 3.05) is 11.1 Å². The summed E-state index contributed by atoms with van der Waals surface area (Å²) in [6.07, 6.45) is 0.841. The molecular weight excluding hydrogens is 370 g/mol. The van der Waals surface area contributed by atoms with Gasteiger partial charge in [-0.1, -0.05) is 5.16 Å². The van der Waals surface area contributed by atoms with E-state index < -0.39 is 18.3 Å². The van der Waals surface area contributed by atoms with E-state index in [2.05, 4.69) is 25.4 Å². The lowest BCUT2D eigenvalue weighted by atomic mass is 10.2. The summed E-state index contributed by atoms with van der Waals surface area (Å²) in [5.74, 6) is -0.772. The van der Waals surface area contributed by atoms with Crippen molar-refractivity contribution in [3.05, 3.63) is 47.7 Å². The monoisotopic (exact) mass is 386 g/mol. The van der Waals surface area contributed by atoms with Crippen LogP contribution in [0.1, 0.15) is 34.3 Å². The van der Waals surface area contributed by atoms with Gasteiger partial charge >= 0.3 is 0 Å². The zero-order valence-electron chi connectivity index (χ0n) is 14.8. The summed E-state index contributed by atoms with van der Waals surface area (Å²) in [4.78, 5) is 24.7. The second-order valence-electron chi connectivity index (χ2n) is 6.58. The molecule has 144 valence electrons. The predicted molar refractivity (Wildman–Crippen MR) is 95.7 cm³/mol. The van der Waals surface area contributed by atoms with Crippen LogP contribution < -0.4 is 11.1 Å². The molecule has 0 aliphatic heterocycles. The Morgan fingerprint density at radius 1 is 1.32 bits per heavy atom. The maximum atomic E-state index is 12.7. The predicted octanol–water partition coefficient (Wildman–Crippen LogP) is 3.04. The first-order valence-electron chi connectivity index (χ1n) is 8.54. The van der Waals surface area contributed by atoms with Crippen molar-refractivity contribution in [1.29, 1.82) is 0 Å². The molecule has 1 unspecified atom stereocenters. The Morgan fingerprint density at radius 2 is 2.14 bits per heavy atom. The van der Waals surface area contributed by atoms with Crippen molar-refractivity contribution in [2.24, 2.45) is 5.92 Å². The van der Waals surface area contributed by atoms with Crippen LogP contribution in [0.15, 0.2) is 35.1 Å². The van der Waals surface area contributed by atoms with Crippen LogP contribution in [-0.4, -0.2) is 32.4 Å². The molecule has 1 amide bonds. The van der Waals surface area contributed by atoms with Gasteiger partial charge in [0, 0.05) is 29.8 Å². The van der Waals surface area contributed by atoms with Crippen LogP contribution in [0.25, 0.3) is 11.4 Å². The minimum absolute atomic E-state index is 0.194. The molecule has 10 heteroatoms. The number of hydrogen-bond acceptors (Lipinski definition) is 7. The first-order chi connectivity index (χ1) is 13.4. The van der Waals surface area contributed by atoms with E-state index in [1.54, 1.807) is 19.1 Å². The molecule has 3 heterocycles. The van der Waals surface area contributed by atoms with E-state index in [0.717, 1.165) is 0 Å². The molecule has 0 spiro atoms. The van der Waals surface area contributed by atoms with Crippen molar-refractivity contribution in [2.45, 2.75) is 25.7 Å². The number of nitrogen functional groups attached to an aromatic ring is 1. The third kappa shape index (κ3) is 3.53. The molecule has 0 saturated heterocycles. The number of anilines is 2. The van der Waals surface area contributed by atoms with Crippen molar-refractivity contribution in [1.82, 2.24) is 20.1 Å². The highest BCUT2D eigenvalue weighted by Crippen LogP contribution is 2.50. The summed E-state index contributed by atoms with van der Waals surface area (Å²) in [6.45, 7) is 1.74. The van der Waals surface area contributed by atoms with Gasteiger partial charge in [0.1, 0.15) is 5.82 Å². The number of alkyl halides is 2. The molecule has 1 aliphatic carbocycles. The smallest absolute Gasteiger partial charge is 0.257 e. The Balaban J connectivity index is 1.53. The number of nitrogens with one attached hydrogen (secondary N) is 1. The van der Waals surface area contributed by atoms with Gasteiger partial charge in [-0.05, 0) is 31.5 Å². The van der Waals surface area contributed by atoms with Crippen LogP contribution >= 0.6 is 0 Å². The quantitative estimate of drug-likeness (QED) is 0.691. The average Bonchev–Trinajstić information content (AvgIpc) is 3.34. The first-order valence-corrected chi connectivity index (χ1v) is 8.54. The van der Waals surface area contributed by atoms with Crippen LogP contribution in [0.4, 0.5) is 20.3 Å². The van der Waals surface area contributed by atoms with E-state index in [4.69, 9.17) is 10.3 Å². The van der Waals surface area contributed by atoms with Gasteiger partial charge in [-0.25, -0.2) is 13.8 Å². The molecule has 3 aromatic rings. The van der Waals surface area contributed by atoms with Crippen molar-refractivity contribution in [3.8, 4) is 11.4 Å². The molecule has 8 nitrogen and oxygen atoms in total. The zero-order valence-corrected chi connectivity index (χ0v) is 14.8. The minimum Gasteiger partial charge on any atom is -0.384 e. The lowest BCUT2D eigenvalue weighted by Gasteiger charge is -2.08. The van der Waals surface area contributed by atoms with E-state index >= 15 is 0 Å². The van der Waals surface area contributed by atoms with E-state index in [1.807, 2.05) is 0 Å². The summed E-state index contributed by atoms with van der Waals surface area (Å²) >= 11 is 0. The lowest BCUT2D eigenvalue weighted by Crippen LogP contribution is -2.13. The van der Waals surface area contributed by atoms with Crippen LogP contribution in [0.5, 0.6) is 0 Å².